The van der Waals surface area contributed by atoms with Crippen molar-refractivity contribution in [2.24, 2.45) is 0 Å². The molecule has 0 atom stereocenters. The molecule has 0 saturated carbocycles. The molecule has 0 unspecified atom stereocenters. The maximum absolute atomic E-state index is 11.9. The van der Waals surface area contributed by atoms with E-state index in [4.69, 9.17) is 18.6 Å². The number of carbonyl (C=O) groups excluding carboxylic acids is 2. The minimum atomic E-state index is -0.522. The van der Waals surface area contributed by atoms with Crippen molar-refractivity contribution in [3.63, 3.8) is 0 Å². The van der Waals surface area contributed by atoms with Crippen LogP contribution in [-0.2, 0) is 4.74 Å². The van der Waals surface area contributed by atoms with Gasteiger partial charge in [-0.1, -0.05) is 0 Å². The summed E-state index contributed by atoms with van der Waals surface area (Å²) in [6.45, 7) is 0.852. The van der Waals surface area contributed by atoms with Gasteiger partial charge in [-0.25, -0.2) is 4.79 Å². The molecule has 3 rings (SSSR count). The number of hydrogen-bond donors (Lipinski definition) is 0. The van der Waals surface area contributed by atoms with Crippen LogP contribution >= 0.6 is 0 Å². The zero-order valence-electron chi connectivity index (χ0n) is 11.3. The molecule has 0 bridgehead atoms. The fourth-order valence-electron chi connectivity index (χ4n) is 2.13. The lowest BCUT2D eigenvalue weighted by Crippen LogP contribution is -2.16. The first-order valence-electron chi connectivity index (χ1n) is 6.30. The molecule has 1 aromatic heterocycles. The van der Waals surface area contributed by atoms with Crippen molar-refractivity contribution in [2.75, 3.05) is 20.3 Å². The van der Waals surface area contributed by atoms with E-state index in [0.29, 0.717) is 42.3 Å². The Morgan fingerprint density at radius 1 is 1.19 bits per heavy atom. The predicted molar refractivity (Wildman–Crippen MR) is 71.9 cm³/mol. The van der Waals surface area contributed by atoms with Crippen LogP contribution in [0.3, 0.4) is 0 Å². The molecule has 0 saturated heterocycles. The normalized spacial score (nSPS) is 12.8. The third-order valence-corrected chi connectivity index (χ3v) is 3.10. The third kappa shape index (κ3) is 2.35. The number of fused-ring (bicyclic) bond motifs is 1. The van der Waals surface area contributed by atoms with Crippen molar-refractivity contribution >= 4 is 12.3 Å². The van der Waals surface area contributed by atoms with Gasteiger partial charge in [-0.2, -0.15) is 0 Å². The van der Waals surface area contributed by atoms with Crippen LogP contribution < -0.4 is 9.47 Å². The Labute approximate surface area is 120 Å². The van der Waals surface area contributed by atoms with Gasteiger partial charge in [-0.15, -0.1) is 0 Å². The highest BCUT2D eigenvalue weighted by Gasteiger charge is 2.22. The molecule has 6 heteroatoms. The second-order valence-electron chi connectivity index (χ2n) is 4.35. The summed E-state index contributed by atoms with van der Waals surface area (Å²) < 4.78 is 21.1. The Balaban J connectivity index is 2.16. The van der Waals surface area contributed by atoms with Crippen LogP contribution in [-0.4, -0.2) is 32.6 Å². The second kappa shape index (κ2) is 5.32. The minimum absolute atomic E-state index is 0.177. The number of furan rings is 1. The van der Waals surface area contributed by atoms with Crippen molar-refractivity contribution < 1.29 is 28.2 Å². The summed E-state index contributed by atoms with van der Waals surface area (Å²) in [4.78, 5) is 22.7. The van der Waals surface area contributed by atoms with Gasteiger partial charge in [0.2, 0.25) is 0 Å². The number of ether oxygens (including phenoxy) is 3. The summed E-state index contributed by atoms with van der Waals surface area (Å²) in [6.07, 6.45) is 0.597. The highest BCUT2D eigenvalue weighted by molar-refractivity contribution is 5.98. The van der Waals surface area contributed by atoms with E-state index in [1.54, 1.807) is 18.2 Å². The first kappa shape index (κ1) is 13.2. The molecule has 0 aliphatic carbocycles. The highest BCUT2D eigenvalue weighted by Crippen LogP contribution is 2.38. The Bertz CT molecular complexity index is 700. The lowest BCUT2D eigenvalue weighted by atomic mass is 10.0. The topological polar surface area (TPSA) is 75.0 Å². The van der Waals surface area contributed by atoms with Gasteiger partial charge in [0.05, 0.1) is 12.7 Å². The molecule has 2 aromatic rings. The molecule has 1 aromatic carbocycles. The molecule has 0 spiro atoms. The van der Waals surface area contributed by atoms with Crippen LogP contribution in [0.4, 0.5) is 0 Å². The summed E-state index contributed by atoms with van der Waals surface area (Å²) in [7, 11) is 1.29. The SMILES string of the molecule is COC(=O)c1cc2c(cc1-c1ccc(C=O)o1)OCCO2. The van der Waals surface area contributed by atoms with Gasteiger partial charge in [0.15, 0.2) is 23.5 Å². The van der Waals surface area contributed by atoms with Crippen LogP contribution in [0.15, 0.2) is 28.7 Å². The van der Waals surface area contributed by atoms with Crippen molar-refractivity contribution in [3.8, 4) is 22.8 Å². The van der Waals surface area contributed by atoms with Crippen LogP contribution in [0, 0.1) is 0 Å². The van der Waals surface area contributed by atoms with Crippen molar-refractivity contribution in [2.45, 2.75) is 0 Å². The van der Waals surface area contributed by atoms with Gasteiger partial charge in [-0.3, -0.25) is 4.79 Å². The summed E-state index contributed by atoms with van der Waals surface area (Å²) >= 11 is 0. The number of rotatable bonds is 3. The molecule has 2 heterocycles. The Hall–Kier alpha value is -2.76. The molecule has 0 N–H and O–H groups in total. The van der Waals surface area contributed by atoms with Crippen LogP contribution in [0.5, 0.6) is 11.5 Å². The molecule has 1 aliphatic heterocycles. The van der Waals surface area contributed by atoms with E-state index in [0.717, 1.165) is 0 Å². The van der Waals surface area contributed by atoms with Gasteiger partial charge in [0, 0.05) is 5.56 Å². The minimum Gasteiger partial charge on any atom is -0.486 e. The van der Waals surface area contributed by atoms with Gasteiger partial charge in [0.25, 0.3) is 0 Å². The maximum Gasteiger partial charge on any atom is 0.338 e. The van der Waals surface area contributed by atoms with Crippen molar-refractivity contribution in [1.82, 2.24) is 0 Å². The van der Waals surface area contributed by atoms with Gasteiger partial charge in [-0.05, 0) is 24.3 Å². The maximum atomic E-state index is 11.9. The number of hydrogen-bond acceptors (Lipinski definition) is 6. The fraction of sp³-hybridized carbons (Fsp3) is 0.200. The molecule has 1 aliphatic rings. The molecule has 0 fully saturated rings. The molecule has 6 nitrogen and oxygen atoms in total. The van der Waals surface area contributed by atoms with Crippen molar-refractivity contribution in [3.05, 3.63) is 35.6 Å². The number of esters is 1. The van der Waals surface area contributed by atoms with Gasteiger partial charge >= 0.3 is 5.97 Å². The Morgan fingerprint density at radius 2 is 1.90 bits per heavy atom. The van der Waals surface area contributed by atoms with E-state index in [1.165, 1.54) is 13.2 Å². The zero-order chi connectivity index (χ0) is 14.8. The zero-order valence-corrected chi connectivity index (χ0v) is 11.3. The standard InChI is InChI=1S/C15H12O6/c1-18-15(17)11-7-14-13(19-4-5-20-14)6-10(11)12-3-2-9(8-16)21-12/h2-3,6-8H,4-5H2,1H3. The van der Waals surface area contributed by atoms with E-state index in [9.17, 15) is 9.59 Å². The largest absolute Gasteiger partial charge is 0.486 e. The molecule has 108 valence electrons. The summed E-state index contributed by atoms with van der Waals surface area (Å²) in [6, 6.07) is 6.34. The first-order chi connectivity index (χ1) is 10.2. The Kier molecular flexibility index (Phi) is 3.35. The average molecular weight is 288 g/mol. The van der Waals surface area contributed by atoms with Crippen LogP contribution in [0.2, 0.25) is 0 Å². The number of carbonyl (C=O) groups is 2. The van der Waals surface area contributed by atoms with Gasteiger partial charge < -0.3 is 18.6 Å². The number of methoxy groups -OCH3 is 1. The predicted octanol–water partition coefficient (Wildman–Crippen LogP) is 2.32. The van der Waals surface area contributed by atoms with Crippen LogP contribution in [0.1, 0.15) is 20.9 Å². The van der Waals surface area contributed by atoms with E-state index in [1.807, 2.05) is 0 Å². The first-order valence-corrected chi connectivity index (χ1v) is 6.30. The number of benzene rings is 1. The molecule has 21 heavy (non-hydrogen) atoms. The van der Waals surface area contributed by atoms with Crippen LogP contribution in [0.25, 0.3) is 11.3 Å². The third-order valence-electron chi connectivity index (χ3n) is 3.10. The average Bonchev–Trinajstić information content (AvgIpc) is 3.01. The molecule has 0 amide bonds. The van der Waals surface area contributed by atoms with Crippen molar-refractivity contribution in [1.29, 1.82) is 0 Å². The summed E-state index contributed by atoms with van der Waals surface area (Å²) in [5, 5.41) is 0. The van der Waals surface area contributed by atoms with E-state index < -0.39 is 5.97 Å². The number of aldehydes is 1. The smallest absolute Gasteiger partial charge is 0.338 e. The highest BCUT2D eigenvalue weighted by atomic mass is 16.6. The summed E-state index contributed by atoms with van der Waals surface area (Å²) in [5.74, 6) is 1.04. The lowest BCUT2D eigenvalue weighted by molar-refractivity contribution is 0.0600. The van der Waals surface area contributed by atoms with E-state index in [-0.39, 0.29) is 11.3 Å². The second-order valence-corrected chi connectivity index (χ2v) is 4.35. The van der Waals surface area contributed by atoms with E-state index >= 15 is 0 Å². The Morgan fingerprint density at radius 3 is 2.52 bits per heavy atom. The molecular formula is C15H12O6. The lowest BCUT2D eigenvalue weighted by Gasteiger charge is -2.20. The summed E-state index contributed by atoms with van der Waals surface area (Å²) in [5.41, 5.74) is 0.771. The molecular weight excluding hydrogens is 276 g/mol. The van der Waals surface area contributed by atoms with E-state index in [2.05, 4.69) is 0 Å². The monoisotopic (exact) mass is 288 g/mol. The molecule has 0 radical (unpaired) electrons. The fourth-order valence-corrected chi connectivity index (χ4v) is 2.13. The van der Waals surface area contributed by atoms with Gasteiger partial charge in [0.1, 0.15) is 19.0 Å². The quantitative estimate of drug-likeness (QED) is 0.637.